The molecule has 0 bridgehead atoms. The Morgan fingerprint density at radius 2 is 0.793 bits per heavy atom. The molecule has 0 aliphatic rings. The highest BCUT2D eigenvalue weighted by atomic mass is 16.3. The van der Waals surface area contributed by atoms with Crippen LogP contribution in [0.4, 0.5) is 0 Å². The van der Waals surface area contributed by atoms with E-state index in [2.05, 4.69) is 19.2 Å². The van der Waals surface area contributed by atoms with Gasteiger partial charge in [-0.05, 0) is 12.8 Å². The third-order valence-electron chi connectivity index (χ3n) is 6.36. The molecule has 29 heavy (non-hydrogen) atoms. The SMILES string of the molecule is CCCCCCCCCCCCC(CCCCCCCCCCCC)NCCO. The van der Waals surface area contributed by atoms with E-state index < -0.39 is 0 Å². The summed E-state index contributed by atoms with van der Waals surface area (Å²) in [6.45, 7) is 5.62. The van der Waals surface area contributed by atoms with Crippen LogP contribution >= 0.6 is 0 Å². The van der Waals surface area contributed by atoms with Gasteiger partial charge in [0.1, 0.15) is 0 Å². The molecule has 2 nitrogen and oxygen atoms in total. The standard InChI is InChI=1S/C27H57NO/c1-3-5-7-9-11-13-15-17-19-21-23-27(28-25-26-29)24-22-20-18-16-14-12-10-8-6-4-2/h27-29H,3-26H2,1-2H3. The molecule has 0 saturated carbocycles. The summed E-state index contributed by atoms with van der Waals surface area (Å²) in [7, 11) is 0. The van der Waals surface area contributed by atoms with E-state index in [0.717, 1.165) is 6.54 Å². The van der Waals surface area contributed by atoms with Crippen LogP contribution in [0.25, 0.3) is 0 Å². The minimum absolute atomic E-state index is 0.270. The molecule has 0 aromatic carbocycles. The number of aliphatic hydroxyl groups excluding tert-OH is 1. The van der Waals surface area contributed by atoms with Gasteiger partial charge in [-0.1, -0.05) is 142 Å². The summed E-state index contributed by atoms with van der Waals surface area (Å²) >= 11 is 0. The molecule has 0 aromatic heterocycles. The molecule has 0 heterocycles. The Morgan fingerprint density at radius 1 is 0.483 bits per heavy atom. The van der Waals surface area contributed by atoms with Crippen LogP contribution in [0.5, 0.6) is 0 Å². The lowest BCUT2D eigenvalue weighted by atomic mass is 9.99. The van der Waals surface area contributed by atoms with E-state index in [9.17, 15) is 0 Å². The first-order valence-electron chi connectivity index (χ1n) is 13.7. The van der Waals surface area contributed by atoms with Gasteiger partial charge in [-0.2, -0.15) is 0 Å². The van der Waals surface area contributed by atoms with Gasteiger partial charge in [-0.3, -0.25) is 0 Å². The van der Waals surface area contributed by atoms with Crippen molar-refractivity contribution in [1.29, 1.82) is 0 Å². The maximum atomic E-state index is 9.14. The van der Waals surface area contributed by atoms with Gasteiger partial charge in [0, 0.05) is 12.6 Å². The summed E-state index contributed by atoms with van der Waals surface area (Å²) in [6, 6.07) is 0.630. The van der Waals surface area contributed by atoms with E-state index in [4.69, 9.17) is 5.11 Å². The molecule has 0 aliphatic carbocycles. The molecular formula is C27H57NO. The zero-order chi connectivity index (χ0) is 21.3. The predicted octanol–water partition coefficient (Wildman–Crippen LogP) is 8.56. The molecule has 0 aromatic rings. The van der Waals surface area contributed by atoms with Gasteiger partial charge in [0.2, 0.25) is 0 Å². The molecule has 0 fully saturated rings. The molecule has 2 heteroatoms. The third kappa shape index (κ3) is 24.1. The summed E-state index contributed by atoms with van der Waals surface area (Å²) in [5, 5.41) is 12.7. The van der Waals surface area contributed by atoms with E-state index in [-0.39, 0.29) is 6.61 Å². The smallest absolute Gasteiger partial charge is 0.0556 e. The van der Waals surface area contributed by atoms with E-state index in [1.54, 1.807) is 0 Å². The molecule has 0 unspecified atom stereocenters. The molecule has 0 amide bonds. The van der Waals surface area contributed by atoms with E-state index in [1.807, 2.05) is 0 Å². The Bertz CT molecular complexity index is 258. The maximum Gasteiger partial charge on any atom is 0.0556 e. The second kappa shape index (κ2) is 26.0. The van der Waals surface area contributed by atoms with E-state index >= 15 is 0 Å². The van der Waals surface area contributed by atoms with Crippen molar-refractivity contribution in [2.45, 2.75) is 161 Å². The largest absolute Gasteiger partial charge is 0.395 e. The van der Waals surface area contributed by atoms with Crippen LogP contribution in [0.2, 0.25) is 0 Å². The second-order valence-corrected chi connectivity index (χ2v) is 9.32. The van der Waals surface area contributed by atoms with Crippen molar-refractivity contribution < 1.29 is 5.11 Å². The molecule has 0 spiro atoms. The van der Waals surface area contributed by atoms with Crippen molar-refractivity contribution in [1.82, 2.24) is 5.32 Å². The monoisotopic (exact) mass is 411 g/mol. The topological polar surface area (TPSA) is 32.3 Å². The molecule has 176 valence electrons. The summed E-state index contributed by atoms with van der Waals surface area (Å²) in [5.41, 5.74) is 0. The Balaban J connectivity index is 3.52. The van der Waals surface area contributed by atoms with Gasteiger partial charge < -0.3 is 10.4 Å². The van der Waals surface area contributed by atoms with E-state index in [1.165, 1.54) is 141 Å². The summed E-state index contributed by atoms with van der Waals surface area (Å²) in [5.74, 6) is 0. The Labute approximate surface area is 185 Å². The fraction of sp³-hybridized carbons (Fsp3) is 1.00. The number of aliphatic hydroxyl groups is 1. The van der Waals surface area contributed by atoms with Crippen LogP contribution < -0.4 is 5.32 Å². The Kier molecular flexibility index (Phi) is 25.9. The van der Waals surface area contributed by atoms with Gasteiger partial charge >= 0.3 is 0 Å². The summed E-state index contributed by atoms with van der Waals surface area (Å²) < 4.78 is 0. The van der Waals surface area contributed by atoms with Crippen molar-refractivity contribution >= 4 is 0 Å². The predicted molar refractivity (Wildman–Crippen MR) is 132 cm³/mol. The number of hydrogen-bond donors (Lipinski definition) is 2. The van der Waals surface area contributed by atoms with E-state index in [0.29, 0.717) is 6.04 Å². The van der Waals surface area contributed by atoms with Crippen LogP contribution in [0, 0.1) is 0 Å². The van der Waals surface area contributed by atoms with Gasteiger partial charge in [0.25, 0.3) is 0 Å². The van der Waals surface area contributed by atoms with Crippen LogP contribution in [0.3, 0.4) is 0 Å². The van der Waals surface area contributed by atoms with Crippen LogP contribution in [-0.4, -0.2) is 24.3 Å². The molecule has 0 radical (unpaired) electrons. The lowest BCUT2D eigenvalue weighted by molar-refractivity contribution is 0.277. The minimum atomic E-state index is 0.270. The molecule has 0 atom stereocenters. The number of rotatable bonds is 25. The lowest BCUT2D eigenvalue weighted by Gasteiger charge is -2.18. The second-order valence-electron chi connectivity index (χ2n) is 9.32. The molecule has 0 aliphatic heterocycles. The maximum absolute atomic E-state index is 9.14. The van der Waals surface area contributed by atoms with Crippen LogP contribution in [-0.2, 0) is 0 Å². The first kappa shape index (κ1) is 28.9. The van der Waals surface area contributed by atoms with Gasteiger partial charge in [0.05, 0.1) is 6.61 Å². The van der Waals surface area contributed by atoms with Crippen LogP contribution in [0.1, 0.15) is 155 Å². The summed E-state index contributed by atoms with van der Waals surface area (Å²) in [6.07, 6.45) is 30.9. The fourth-order valence-corrected chi connectivity index (χ4v) is 4.37. The molecule has 0 saturated heterocycles. The molecule has 2 N–H and O–H groups in total. The Morgan fingerprint density at radius 3 is 1.10 bits per heavy atom. The first-order valence-corrected chi connectivity index (χ1v) is 13.7. The zero-order valence-electron chi connectivity index (χ0n) is 20.5. The van der Waals surface area contributed by atoms with Gasteiger partial charge in [-0.25, -0.2) is 0 Å². The Hall–Kier alpha value is -0.0800. The highest BCUT2D eigenvalue weighted by Crippen LogP contribution is 2.16. The third-order valence-corrected chi connectivity index (χ3v) is 6.36. The summed E-state index contributed by atoms with van der Waals surface area (Å²) in [4.78, 5) is 0. The number of nitrogens with one attached hydrogen (secondary N) is 1. The average Bonchev–Trinajstić information content (AvgIpc) is 2.74. The molecule has 0 rings (SSSR count). The van der Waals surface area contributed by atoms with Crippen molar-refractivity contribution in [2.24, 2.45) is 0 Å². The normalized spacial score (nSPS) is 11.6. The first-order chi connectivity index (χ1) is 14.3. The highest BCUT2D eigenvalue weighted by molar-refractivity contribution is 4.67. The minimum Gasteiger partial charge on any atom is -0.395 e. The fourth-order valence-electron chi connectivity index (χ4n) is 4.37. The lowest BCUT2D eigenvalue weighted by Crippen LogP contribution is -2.31. The van der Waals surface area contributed by atoms with Crippen LogP contribution in [0.15, 0.2) is 0 Å². The number of hydrogen-bond acceptors (Lipinski definition) is 2. The quantitative estimate of drug-likeness (QED) is 0.147. The van der Waals surface area contributed by atoms with Gasteiger partial charge in [0.15, 0.2) is 0 Å². The zero-order valence-corrected chi connectivity index (χ0v) is 20.5. The van der Waals surface area contributed by atoms with Crippen molar-refractivity contribution in [3.63, 3.8) is 0 Å². The van der Waals surface area contributed by atoms with Crippen molar-refractivity contribution in [2.75, 3.05) is 13.2 Å². The number of unbranched alkanes of at least 4 members (excludes halogenated alkanes) is 18. The van der Waals surface area contributed by atoms with Crippen molar-refractivity contribution in [3.8, 4) is 0 Å². The average molecular weight is 412 g/mol. The molecular weight excluding hydrogens is 354 g/mol. The van der Waals surface area contributed by atoms with Gasteiger partial charge in [-0.15, -0.1) is 0 Å². The highest BCUT2D eigenvalue weighted by Gasteiger charge is 2.07. The van der Waals surface area contributed by atoms with Crippen molar-refractivity contribution in [3.05, 3.63) is 0 Å².